The number of phenols is 1. The van der Waals surface area contributed by atoms with Gasteiger partial charge in [-0.25, -0.2) is 0 Å². The first-order valence-electron chi connectivity index (χ1n) is 8.42. The Morgan fingerprint density at radius 1 is 1.21 bits per heavy atom. The monoisotopic (exact) mass is 326 g/mol. The molecule has 0 amide bonds. The molecule has 1 aromatic heterocycles. The number of aromatic hydroxyl groups is 1. The van der Waals surface area contributed by atoms with Gasteiger partial charge in [0.15, 0.2) is 11.5 Å². The van der Waals surface area contributed by atoms with Gasteiger partial charge < -0.3 is 14.4 Å². The molecule has 0 saturated carbocycles. The fourth-order valence-electron chi connectivity index (χ4n) is 4.22. The summed E-state index contributed by atoms with van der Waals surface area (Å²) in [6, 6.07) is 11.2. The Hall–Kier alpha value is -2.27. The highest BCUT2D eigenvalue weighted by atomic mass is 16.5. The zero-order chi connectivity index (χ0) is 16.7. The van der Waals surface area contributed by atoms with Crippen LogP contribution < -0.4 is 10.3 Å². The van der Waals surface area contributed by atoms with E-state index in [2.05, 4.69) is 11.0 Å². The highest BCUT2D eigenvalue weighted by molar-refractivity contribution is 5.41. The van der Waals surface area contributed by atoms with Crippen molar-refractivity contribution < 1.29 is 9.84 Å². The molecule has 2 atom stereocenters. The van der Waals surface area contributed by atoms with Crippen molar-refractivity contribution >= 4 is 0 Å². The lowest BCUT2D eigenvalue weighted by molar-refractivity contribution is 0.114. The van der Waals surface area contributed by atoms with Crippen LogP contribution in [0.15, 0.2) is 41.2 Å². The second kappa shape index (κ2) is 5.98. The fraction of sp³-hybridized carbons (Fsp3) is 0.421. The predicted octanol–water partition coefficient (Wildman–Crippen LogP) is 2.18. The van der Waals surface area contributed by atoms with E-state index in [-0.39, 0.29) is 11.3 Å². The molecule has 0 aliphatic carbocycles. The summed E-state index contributed by atoms with van der Waals surface area (Å²) in [6.45, 7) is 3.56. The molecule has 0 spiro atoms. The molecule has 1 aromatic carbocycles. The van der Waals surface area contributed by atoms with E-state index in [1.54, 1.807) is 19.2 Å². The molecule has 0 radical (unpaired) electrons. The first-order valence-corrected chi connectivity index (χ1v) is 8.42. The normalized spacial score (nSPS) is 22.9. The van der Waals surface area contributed by atoms with Gasteiger partial charge in [0.1, 0.15) is 0 Å². The third kappa shape index (κ3) is 2.69. The van der Waals surface area contributed by atoms with E-state index < -0.39 is 0 Å². The number of likely N-dealkylation sites (tertiary alicyclic amines) is 1. The van der Waals surface area contributed by atoms with Gasteiger partial charge in [-0.2, -0.15) is 0 Å². The largest absolute Gasteiger partial charge is 0.504 e. The maximum Gasteiger partial charge on any atom is 0.250 e. The van der Waals surface area contributed by atoms with E-state index in [0.717, 1.165) is 38.2 Å². The summed E-state index contributed by atoms with van der Waals surface area (Å²) in [5.74, 6) is 1.62. The Labute approximate surface area is 141 Å². The Bertz CT molecular complexity index is 814. The summed E-state index contributed by atoms with van der Waals surface area (Å²) in [5, 5.41) is 9.96. The minimum absolute atomic E-state index is 0.121. The van der Waals surface area contributed by atoms with Crippen molar-refractivity contribution in [2.24, 2.45) is 5.92 Å². The van der Waals surface area contributed by atoms with Crippen LogP contribution in [0.1, 0.15) is 23.6 Å². The highest BCUT2D eigenvalue weighted by Crippen LogP contribution is 2.36. The smallest absolute Gasteiger partial charge is 0.250 e. The number of fused-ring (bicyclic) bond motifs is 4. The number of pyridine rings is 1. The Morgan fingerprint density at radius 3 is 2.88 bits per heavy atom. The Morgan fingerprint density at radius 2 is 2.08 bits per heavy atom. The molecule has 1 N–H and O–H groups in total. The molecule has 2 aromatic rings. The summed E-state index contributed by atoms with van der Waals surface area (Å²) in [6.07, 6.45) is 1.16. The number of aromatic nitrogens is 1. The molecule has 24 heavy (non-hydrogen) atoms. The van der Waals surface area contributed by atoms with Crippen LogP contribution in [0.4, 0.5) is 0 Å². The minimum Gasteiger partial charge on any atom is -0.504 e. The number of nitrogens with zero attached hydrogens (tertiary/aromatic N) is 2. The molecule has 0 unspecified atom stereocenters. The van der Waals surface area contributed by atoms with Gasteiger partial charge in [0.05, 0.1) is 7.11 Å². The minimum atomic E-state index is 0.121. The van der Waals surface area contributed by atoms with E-state index in [1.165, 1.54) is 5.69 Å². The number of rotatable bonds is 3. The quantitative estimate of drug-likeness (QED) is 0.939. The van der Waals surface area contributed by atoms with E-state index in [4.69, 9.17) is 4.74 Å². The second-order valence-electron chi connectivity index (χ2n) is 6.90. The molecule has 4 rings (SSSR count). The van der Waals surface area contributed by atoms with Gasteiger partial charge in [0.2, 0.25) is 0 Å². The third-order valence-corrected chi connectivity index (χ3v) is 5.20. The van der Waals surface area contributed by atoms with Crippen LogP contribution in [0.3, 0.4) is 0 Å². The Kier molecular flexibility index (Phi) is 3.81. The van der Waals surface area contributed by atoms with Crippen molar-refractivity contribution in [3.8, 4) is 11.5 Å². The molecule has 2 aliphatic rings. The Balaban J connectivity index is 1.54. The van der Waals surface area contributed by atoms with E-state index >= 15 is 0 Å². The van der Waals surface area contributed by atoms with Gasteiger partial charge in [-0.3, -0.25) is 9.69 Å². The molecule has 1 saturated heterocycles. The average Bonchev–Trinajstić information content (AvgIpc) is 2.56. The average molecular weight is 326 g/mol. The van der Waals surface area contributed by atoms with Gasteiger partial charge in [0.25, 0.3) is 5.56 Å². The number of benzene rings is 1. The summed E-state index contributed by atoms with van der Waals surface area (Å²) in [7, 11) is 1.56. The lowest BCUT2D eigenvalue weighted by Crippen LogP contribution is -2.46. The third-order valence-electron chi connectivity index (χ3n) is 5.20. The number of phenolic OH excluding ortho intramolecular Hbond substituents is 1. The summed E-state index contributed by atoms with van der Waals surface area (Å²) >= 11 is 0. The first-order chi connectivity index (χ1) is 11.6. The van der Waals surface area contributed by atoms with Gasteiger partial charge in [-0.15, -0.1) is 0 Å². The fourth-order valence-corrected chi connectivity index (χ4v) is 4.22. The lowest BCUT2D eigenvalue weighted by Gasteiger charge is -2.42. The van der Waals surface area contributed by atoms with Crippen LogP contribution in [0, 0.1) is 5.92 Å². The van der Waals surface area contributed by atoms with Crippen molar-refractivity contribution in [3.05, 3.63) is 58.0 Å². The van der Waals surface area contributed by atoms with E-state index in [0.29, 0.717) is 17.6 Å². The maximum atomic E-state index is 12.1. The second-order valence-corrected chi connectivity index (χ2v) is 6.90. The SMILES string of the molecule is COc1ccc(CN2C[C@H]3C[C@@H](C2)c2cccc(=O)n2C3)cc1O. The molecular weight excluding hydrogens is 304 g/mol. The van der Waals surface area contributed by atoms with Crippen LogP contribution in [-0.2, 0) is 13.1 Å². The molecule has 126 valence electrons. The van der Waals surface area contributed by atoms with Gasteiger partial charge in [0, 0.05) is 43.9 Å². The molecule has 2 bridgehead atoms. The van der Waals surface area contributed by atoms with E-state index in [9.17, 15) is 9.90 Å². The van der Waals surface area contributed by atoms with Crippen LogP contribution in [-0.4, -0.2) is 34.8 Å². The van der Waals surface area contributed by atoms with E-state index in [1.807, 2.05) is 22.8 Å². The molecular formula is C19H22N2O3. The van der Waals surface area contributed by atoms with Gasteiger partial charge >= 0.3 is 0 Å². The lowest BCUT2D eigenvalue weighted by atomic mass is 9.83. The topological polar surface area (TPSA) is 54.7 Å². The van der Waals surface area contributed by atoms with Crippen molar-refractivity contribution in [1.82, 2.24) is 9.47 Å². The maximum absolute atomic E-state index is 12.1. The van der Waals surface area contributed by atoms with Crippen LogP contribution in [0.2, 0.25) is 0 Å². The molecule has 1 fully saturated rings. The number of ether oxygens (including phenoxy) is 1. The molecule has 3 heterocycles. The zero-order valence-corrected chi connectivity index (χ0v) is 13.8. The molecule has 5 heteroatoms. The van der Waals surface area contributed by atoms with Crippen LogP contribution in [0.5, 0.6) is 11.5 Å². The van der Waals surface area contributed by atoms with Crippen molar-refractivity contribution in [3.63, 3.8) is 0 Å². The van der Waals surface area contributed by atoms with Crippen molar-refractivity contribution in [1.29, 1.82) is 0 Å². The number of hydrogen-bond donors (Lipinski definition) is 1. The number of piperidine rings is 1. The number of methoxy groups -OCH3 is 1. The summed E-state index contributed by atoms with van der Waals surface area (Å²) in [5.41, 5.74) is 2.37. The predicted molar refractivity (Wildman–Crippen MR) is 91.5 cm³/mol. The van der Waals surface area contributed by atoms with Crippen LogP contribution >= 0.6 is 0 Å². The van der Waals surface area contributed by atoms with Crippen LogP contribution in [0.25, 0.3) is 0 Å². The number of hydrogen-bond acceptors (Lipinski definition) is 4. The molecule has 2 aliphatic heterocycles. The summed E-state index contributed by atoms with van der Waals surface area (Å²) in [4.78, 5) is 14.5. The highest BCUT2D eigenvalue weighted by Gasteiger charge is 2.34. The van der Waals surface area contributed by atoms with Crippen molar-refractivity contribution in [2.75, 3.05) is 20.2 Å². The zero-order valence-electron chi connectivity index (χ0n) is 13.8. The van der Waals surface area contributed by atoms with Gasteiger partial charge in [-0.05, 0) is 36.1 Å². The standard InChI is InChI=1S/C19H22N2O3/c1-24-18-6-5-13(8-17(18)22)9-20-10-14-7-15(12-20)16-3-2-4-19(23)21(16)11-14/h2-6,8,14-15,22H,7,9-12H2,1H3/t14-,15+/m1/s1. The first kappa shape index (κ1) is 15.3. The van der Waals surface area contributed by atoms with Crippen molar-refractivity contribution in [2.45, 2.75) is 25.4 Å². The molecule has 5 nitrogen and oxygen atoms in total. The summed E-state index contributed by atoms with van der Waals surface area (Å²) < 4.78 is 7.06. The van der Waals surface area contributed by atoms with Gasteiger partial charge in [-0.1, -0.05) is 12.1 Å².